The van der Waals surface area contributed by atoms with E-state index in [2.05, 4.69) is 5.43 Å². The molecule has 0 aromatic heterocycles. The van der Waals surface area contributed by atoms with Crippen LogP contribution < -0.4 is 5.43 Å². The van der Waals surface area contributed by atoms with Gasteiger partial charge >= 0.3 is 6.09 Å². The average Bonchev–Trinajstić information content (AvgIpc) is 2.73. The molecule has 1 heterocycles. The van der Waals surface area contributed by atoms with Crippen molar-refractivity contribution in [3.8, 4) is 0 Å². The third-order valence-corrected chi connectivity index (χ3v) is 2.63. The van der Waals surface area contributed by atoms with E-state index in [0.29, 0.717) is 19.5 Å². The van der Waals surface area contributed by atoms with Crippen molar-refractivity contribution in [1.82, 2.24) is 10.4 Å². The predicted octanol–water partition coefficient (Wildman–Crippen LogP) is 0.894. The lowest BCUT2D eigenvalue weighted by molar-refractivity contribution is 0.101. The van der Waals surface area contributed by atoms with Gasteiger partial charge in [-0.2, -0.15) is 0 Å². The van der Waals surface area contributed by atoms with Crippen molar-refractivity contribution < 1.29 is 14.6 Å². The molecule has 1 unspecified atom stereocenters. The van der Waals surface area contributed by atoms with E-state index in [1.54, 1.807) is 5.01 Å². The molecule has 2 rings (SSSR count). The largest absolute Gasteiger partial charge is 0.444 e. The Balaban J connectivity index is 1.71. The zero-order valence-electron chi connectivity index (χ0n) is 9.50. The SMILES string of the molecule is O=C(NN1CCC(O)C1)OCc1ccccc1. The van der Waals surface area contributed by atoms with Crippen LogP contribution in [-0.4, -0.2) is 35.4 Å². The second-order valence-corrected chi connectivity index (χ2v) is 4.06. The highest BCUT2D eigenvalue weighted by atomic mass is 16.6. The molecule has 0 spiro atoms. The van der Waals surface area contributed by atoms with Gasteiger partial charge in [-0.3, -0.25) is 5.43 Å². The predicted molar refractivity (Wildman–Crippen MR) is 62.0 cm³/mol. The fraction of sp³-hybridized carbons (Fsp3) is 0.417. The number of aliphatic hydroxyl groups is 1. The number of carbonyl (C=O) groups is 1. The summed E-state index contributed by atoms with van der Waals surface area (Å²) in [6, 6.07) is 9.50. The second-order valence-electron chi connectivity index (χ2n) is 4.06. The molecule has 0 aliphatic carbocycles. The molecule has 17 heavy (non-hydrogen) atoms. The maximum atomic E-state index is 11.4. The van der Waals surface area contributed by atoms with E-state index in [0.717, 1.165) is 5.56 Å². The van der Waals surface area contributed by atoms with Crippen molar-refractivity contribution in [2.75, 3.05) is 13.1 Å². The molecule has 1 aliphatic heterocycles. The highest BCUT2D eigenvalue weighted by Crippen LogP contribution is 2.06. The topological polar surface area (TPSA) is 61.8 Å². The van der Waals surface area contributed by atoms with Crippen molar-refractivity contribution in [3.05, 3.63) is 35.9 Å². The van der Waals surface area contributed by atoms with Crippen LogP contribution in [0.3, 0.4) is 0 Å². The Morgan fingerprint density at radius 2 is 2.24 bits per heavy atom. The first-order chi connectivity index (χ1) is 8.24. The van der Waals surface area contributed by atoms with Crippen molar-refractivity contribution in [1.29, 1.82) is 0 Å². The fourth-order valence-electron chi connectivity index (χ4n) is 1.73. The number of amides is 1. The summed E-state index contributed by atoms with van der Waals surface area (Å²) in [4.78, 5) is 11.4. The molecular weight excluding hydrogens is 220 g/mol. The van der Waals surface area contributed by atoms with Crippen LogP contribution in [0.2, 0.25) is 0 Å². The summed E-state index contributed by atoms with van der Waals surface area (Å²) in [5, 5.41) is 11.0. The van der Waals surface area contributed by atoms with Gasteiger partial charge in [0.05, 0.1) is 6.10 Å². The molecule has 92 valence electrons. The number of benzene rings is 1. The normalized spacial score (nSPS) is 20.2. The third kappa shape index (κ3) is 3.72. The second kappa shape index (κ2) is 5.65. The summed E-state index contributed by atoms with van der Waals surface area (Å²) in [6.45, 7) is 1.37. The number of nitrogens with zero attached hydrogens (tertiary/aromatic N) is 1. The van der Waals surface area contributed by atoms with E-state index >= 15 is 0 Å². The molecule has 1 amide bonds. The van der Waals surface area contributed by atoms with E-state index in [4.69, 9.17) is 4.74 Å². The summed E-state index contributed by atoms with van der Waals surface area (Å²) in [6.07, 6.45) is -0.161. The average molecular weight is 236 g/mol. The van der Waals surface area contributed by atoms with Crippen molar-refractivity contribution in [2.45, 2.75) is 19.1 Å². The van der Waals surface area contributed by atoms with Crippen LogP contribution in [0.15, 0.2) is 30.3 Å². The molecule has 1 aromatic carbocycles. The Morgan fingerprint density at radius 3 is 2.88 bits per heavy atom. The van der Waals surface area contributed by atoms with Crippen LogP contribution in [0.25, 0.3) is 0 Å². The molecule has 5 heteroatoms. The lowest BCUT2D eigenvalue weighted by Crippen LogP contribution is -2.41. The highest BCUT2D eigenvalue weighted by Gasteiger charge is 2.21. The molecule has 0 radical (unpaired) electrons. The number of hydrogen-bond donors (Lipinski definition) is 2. The third-order valence-electron chi connectivity index (χ3n) is 2.63. The maximum absolute atomic E-state index is 11.4. The number of ether oxygens (including phenoxy) is 1. The standard InChI is InChI=1S/C12H16N2O3/c15-11-6-7-14(8-11)13-12(16)17-9-10-4-2-1-3-5-10/h1-5,11,15H,6-9H2,(H,13,16). The van der Waals surface area contributed by atoms with Gasteiger partial charge in [0.1, 0.15) is 6.61 Å². The van der Waals surface area contributed by atoms with Gasteiger partial charge in [-0.15, -0.1) is 0 Å². The maximum Gasteiger partial charge on any atom is 0.422 e. The quantitative estimate of drug-likeness (QED) is 0.818. The summed E-state index contributed by atoms with van der Waals surface area (Å²) in [7, 11) is 0. The smallest absolute Gasteiger partial charge is 0.422 e. The molecule has 1 fully saturated rings. The molecule has 0 saturated carbocycles. The van der Waals surface area contributed by atoms with Crippen LogP contribution in [0.4, 0.5) is 4.79 Å². The van der Waals surface area contributed by atoms with Gasteiger partial charge in [0, 0.05) is 13.1 Å². The number of hydrogen-bond acceptors (Lipinski definition) is 4. The van der Waals surface area contributed by atoms with Crippen LogP contribution >= 0.6 is 0 Å². The number of nitrogens with one attached hydrogen (secondary N) is 1. The lowest BCUT2D eigenvalue weighted by Gasteiger charge is -2.16. The fourth-order valence-corrected chi connectivity index (χ4v) is 1.73. The van der Waals surface area contributed by atoms with Gasteiger partial charge in [-0.05, 0) is 12.0 Å². The lowest BCUT2D eigenvalue weighted by atomic mass is 10.2. The van der Waals surface area contributed by atoms with Gasteiger partial charge in [0.15, 0.2) is 0 Å². The molecule has 1 aromatic rings. The summed E-state index contributed by atoms with van der Waals surface area (Å²) in [5.41, 5.74) is 3.54. The van der Waals surface area contributed by atoms with E-state index in [-0.39, 0.29) is 12.7 Å². The molecule has 5 nitrogen and oxygen atoms in total. The summed E-state index contributed by atoms with van der Waals surface area (Å²) >= 11 is 0. The minimum Gasteiger partial charge on any atom is -0.444 e. The first kappa shape index (κ1) is 11.9. The molecule has 2 N–H and O–H groups in total. The zero-order valence-corrected chi connectivity index (χ0v) is 9.50. The van der Waals surface area contributed by atoms with Crippen molar-refractivity contribution in [2.24, 2.45) is 0 Å². The van der Waals surface area contributed by atoms with Crippen LogP contribution in [0, 0.1) is 0 Å². The van der Waals surface area contributed by atoms with Crippen molar-refractivity contribution >= 4 is 6.09 Å². The van der Waals surface area contributed by atoms with Crippen LogP contribution in [0.1, 0.15) is 12.0 Å². The van der Waals surface area contributed by atoms with Crippen LogP contribution in [0.5, 0.6) is 0 Å². The van der Waals surface area contributed by atoms with E-state index in [1.165, 1.54) is 0 Å². The number of aliphatic hydroxyl groups excluding tert-OH is 1. The van der Waals surface area contributed by atoms with Gasteiger partial charge in [-0.25, -0.2) is 9.80 Å². The first-order valence-corrected chi connectivity index (χ1v) is 5.64. The zero-order chi connectivity index (χ0) is 12.1. The molecule has 1 aliphatic rings. The number of hydrazine groups is 1. The first-order valence-electron chi connectivity index (χ1n) is 5.64. The molecular formula is C12H16N2O3. The minimum atomic E-state index is -0.483. The van der Waals surface area contributed by atoms with E-state index in [9.17, 15) is 9.90 Å². The Bertz CT molecular complexity index is 369. The summed E-state index contributed by atoms with van der Waals surface area (Å²) < 4.78 is 5.05. The molecule has 1 atom stereocenters. The minimum absolute atomic E-state index is 0.253. The Labute approximate surface area is 100.0 Å². The summed E-state index contributed by atoms with van der Waals surface area (Å²) in [5.74, 6) is 0. The van der Waals surface area contributed by atoms with E-state index < -0.39 is 6.09 Å². The number of rotatable bonds is 3. The monoisotopic (exact) mass is 236 g/mol. The highest BCUT2D eigenvalue weighted by molar-refractivity contribution is 5.66. The van der Waals surface area contributed by atoms with Gasteiger partial charge in [0.25, 0.3) is 0 Å². The van der Waals surface area contributed by atoms with Crippen LogP contribution in [-0.2, 0) is 11.3 Å². The van der Waals surface area contributed by atoms with Crippen molar-refractivity contribution in [3.63, 3.8) is 0 Å². The molecule has 0 bridgehead atoms. The van der Waals surface area contributed by atoms with E-state index in [1.807, 2.05) is 30.3 Å². The number of carbonyl (C=O) groups excluding carboxylic acids is 1. The Kier molecular flexibility index (Phi) is 3.95. The van der Waals surface area contributed by atoms with Gasteiger partial charge in [0.2, 0.25) is 0 Å². The number of β-amino-alcohol motifs (C(OH)–C–C–N with tert-alkyl or cyclic N) is 1. The molecule has 1 saturated heterocycles. The van der Waals surface area contributed by atoms with Gasteiger partial charge in [-0.1, -0.05) is 30.3 Å². The Morgan fingerprint density at radius 1 is 1.47 bits per heavy atom. The van der Waals surface area contributed by atoms with Gasteiger partial charge < -0.3 is 9.84 Å². The Hall–Kier alpha value is -1.59.